The van der Waals surface area contributed by atoms with Crippen LogP contribution in [-0.4, -0.2) is 27.9 Å². The second-order valence-corrected chi connectivity index (χ2v) is 4.87. The Morgan fingerprint density at radius 2 is 2.10 bits per heavy atom. The Bertz CT molecular complexity index is 684. The summed E-state index contributed by atoms with van der Waals surface area (Å²) in [6.07, 6.45) is 2.32. The number of nitrogens with zero attached hydrogens (tertiary/aromatic N) is 2. The van der Waals surface area contributed by atoms with Gasteiger partial charge in [0.05, 0.1) is 12.1 Å². The summed E-state index contributed by atoms with van der Waals surface area (Å²) in [4.78, 5) is 29.4. The van der Waals surface area contributed by atoms with Gasteiger partial charge in [-0.05, 0) is 24.1 Å². The fraction of sp³-hybridized carbons (Fsp3) is 0.267. The maximum atomic E-state index is 12.0. The molecule has 5 heteroatoms. The van der Waals surface area contributed by atoms with Crippen molar-refractivity contribution in [2.45, 2.75) is 25.9 Å². The average Bonchev–Trinajstić information content (AvgIpc) is 2.74. The number of carbonyl (C=O) groups excluding carboxylic acids is 2. The predicted octanol–water partition coefficient (Wildman–Crippen LogP) is 2.07. The molecule has 3 amide bonds. The highest BCUT2D eigenvalue weighted by Crippen LogP contribution is 2.17. The highest BCUT2D eigenvalue weighted by Gasteiger charge is 2.36. The molecule has 5 nitrogen and oxygen atoms in total. The van der Waals surface area contributed by atoms with E-state index in [9.17, 15) is 9.59 Å². The van der Waals surface area contributed by atoms with Crippen LogP contribution < -0.4 is 5.32 Å². The number of nitrogens with one attached hydrogen (secondary N) is 1. The Morgan fingerprint density at radius 3 is 2.85 bits per heavy atom. The minimum absolute atomic E-state index is 0.161. The molecular formula is C15H15N3O2. The summed E-state index contributed by atoms with van der Waals surface area (Å²) >= 11 is 0. The number of benzene rings is 1. The molecule has 1 aromatic carbocycles. The molecule has 1 atom stereocenters. The van der Waals surface area contributed by atoms with Crippen molar-refractivity contribution < 1.29 is 9.59 Å². The molecule has 1 aliphatic heterocycles. The largest absolute Gasteiger partial charge is 0.326 e. The van der Waals surface area contributed by atoms with Crippen LogP contribution in [0.25, 0.3) is 10.9 Å². The van der Waals surface area contributed by atoms with Crippen LogP contribution in [0.2, 0.25) is 0 Å². The van der Waals surface area contributed by atoms with E-state index in [1.165, 1.54) is 4.90 Å². The zero-order valence-electron chi connectivity index (χ0n) is 11.2. The maximum Gasteiger partial charge on any atom is 0.325 e. The van der Waals surface area contributed by atoms with Gasteiger partial charge in [0.1, 0.15) is 6.04 Å². The van der Waals surface area contributed by atoms with Crippen molar-refractivity contribution in [3.05, 3.63) is 42.1 Å². The van der Waals surface area contributed by atoms with Crippen molar-refractivity contribution in [3.8, 4) is 0 Å². The van der Waals surface area contributed by atoms with E-state index in [0.717, 1.165) is 16.5 Å². The summed E-state index contributed by atoms with van der Waals surface area (Å²) in [5, 5.41) is 3.68. The van der Waals surface area contributed by atoms with E-state index in [4.69, 9.17) is 0 Å². The molecule has 0 aliphatic carbocycles. The SMILES string of the molecule is CCC1NC(=O)N(Cc2cnc3ccccc3c2)C1=O. The molecule has 0 radical (unpaired) electrons. The summed E-state index contributed by atoms with van der Waals surface area (Å²) in [5.74, 6) is -0.161. The number of rotatable bonds is 3. The van der Waals surface area contributed by atoms with Crippen LogP contribution in [0.3, 0.4) is 0 Å². The van der Waals surface area contributed by atoms with E-state index in [2.05, 4.69) is 10.3 Å². The van der Waals surface area contributed by atoms with Crippen LogP contribution in [0.15, 0.2) is 36.5 Å². The van der Waals surface area contributed by atoms with Crippen molar-refractivity contribution in [2.75, 3.05) is 0 Å². The summed E-state index contributed by atoms with van der Waals surface area (Å²) in [6.45, 7) is 2.14. The highest BCUT2D eigenvalue weighted by atomic mass is 16.2. The summed E-state index contributed by atoms with van der Waals surface area (Å²) in [7, 11) is 0. The van der Waals surface area contributed by atoms with Crippen LogP contribution >= 0.6 is 0 Å². The van der Waals surface area contributed by atoms with Gasteiger partial charge in [-0.1, -0.05) is 25.1 Å². The Labute approximate surface area is 116 Å². The Kier molecular flexibility index (Phi) is 3.10. The van der Waals surface area contributed by atoms with Gasteiger partial charge in [0.25, 0.3) is 5.91 Å². The molecule has 0 saturated carbocycles. The van der Waals surface area contributed by atoms with Gasteiger partial charge in [0, 0.05) is 11.6 Å². The third kappa shape index (κ3) is 2.11. The quantitative estimate of drug-likeness (QED) is 0.868. The lowest BCUT2D eigenvalue weighted by Crippen LogP contribution is -2.30. The molecule has 1 aliphatic rings. The van der Waals surface area contributed by atoms with Crippen LogP contribution in [0, 0.1) is 0 Å². The highest BCUT2D eigenvalue weighted by molar-refractivity contribution is 6.04. The Hall–Kier alpha value is -2.43. The molecule has 20 heavy (non-hydrogen) atoms. The summed E-state index contributed by atoms with van der Waals surface area (Å²) < 4.78 is 0. The minimum atomic E-state index is -0.393. The van der Waals surface area contributed by atoms with Gasteiger partial charge in [-0.15, -0.1) is 0 Å². The first kappa shape index (κ1) is 12.6. The number of amides is 3. The zero-order chi connectivity index (χ0) is 14.1. The smallest absolute Gasteiger partial charge is 0.325 e. The van der Waals surface area contributed by atoms with Crippen LogP contribution in [-0.2, 0) is 11.3 Å². The third-order valence-electron chi connectivity index (χ3n) is 3.50. The summed E-state index contributed by atoms with van der Waals surface area (Å²) in [6, 6.07) is 9.01. The molecule has 1 fully saturated rings. The van der Waals surface area contributed by atoms with Gasteiger partial charge in [-0.3, -0.25) is 14.7 Å². The lowest BCUT2D eigenvalue weighted by Gasteiger charge is -2.13. The van der Waals surface area contributed by atoms with Crippen molar-refractivity contribution in [1.82, 2.24) is 15.2 Å². The predicted molar refractivity (Wildman–Crippen MR) is 74.9 cm³/mol. The standard InChI is InChI=1S/C15H15N3O2/c1-2-12-14(19)18(15(20)17-12)9-10-7-11-5-3-4-6-13(11)16-8-10/h3-8,12H,2,9H2,1H3,(H,17,20). The lowest BCUT2D eigenvalue weighted by molar-refractivity contribution is -0.127. The Balaban J connectivity index is 1.86. The first-order valence-corrected chi connectivity index (χ1v) is 6.64. The lowest BCUT2D eigenvalue weighted by atomic mass is 10.1. The molecule has 0 spiro atoms. The van der Waals surface area contributed by atoms with E-state index >= 15 is 0 Å². The number of urea groups is 1. The van der Waals surface area contributed by atoms with Gasteiger partial charge >= 0.3 is 6.03 Å². The van der Waals surface area contributed by atoms with Gasteiger partial charge in [-0.25, -0.2) is 4.79 Å². The van der Waals surface area contributed by atoms with E-state index in [0.29, 0.717) is 6.42 Å². The monoisotopic (exact) mass is 269 g/mol. The first-order valence-electron chi connectivity index (χ1n) is 6.64. The number of hydrogen-bond donors (Lipinski definition) is 1. The summed E-state index contributed by atoms with van der Waals surface area (Å²) in [5.41, 5.74) is 1.75. The number of para-hydroxylation sites is 1. The molecule has 2 heterocycles. The maximum absolute atomic E-state index is 12.0. The molecule has 102 valence electrons. The number of imide groups is 1. The molecule has 1 N–H and O–H groups in total. The van der Waals surface area contributed by atoms with Crippen molar-refractivity contribution in [2.24, 2.45) is 0 Å². The molecule has 1 aromatic heterocycles. The second-order valence-electron chi connectivity index (χ2n) is 4.87. The van der Waals surface area contributed by atoms with Crippen LogP contribution in [0.5, 0.6) is 0 Å². The molecular weight excluding hydrogens is 254 g/mol. The number of carbonyl (C=O) groups is 2. The Morgan fingerprint density at radius 1 is 1.30 bits per heavy atom. The van der Waals surface area contributed by atoms with Crippen molar-refractivity contribution >= 4 is 22.8 Å². The van der Waals surface area contributed by atoms with E-state index in [1.807, 2.05) is 37.3 Å². The fourth-order valence-electron chi connectivity index (χ4n) is 2.39. The van der Waals surface area contributed by atoms with E-state index < -0.39 is 6.04 Å². The minimum Gasteiger partial charge on any atom is -0.326 e. The fourth-order valence-corrected chi connectivity index (χ4v) is 2.39. The van der Waals surface area contributed by atoms with Gasteiger partial charge in [-0.2, -0.15) is 0 Å². The number of pyridine rings is 1. The van der Waals surface area contributed by atoms with Gasteiger partial charge in [0.2, 0.25) is 0 Å². The number of hydrogen-bond acceptors (Lipinski definition) is 3. The topological polar surface area (TPSA) is 62.3 Å². The van der Waals surface area contributed by atoms with Crippen molar-refractivity contribution in [1.29, 1.82) is 0 Å². The molecule has 3 rings (SSSR count). The zero-order valence-corrected chi connectivity index (χ0v) is 11.2. The number of aromatic nitrogens is 1. The van der Waals surface area contributed by atoms with Gasteiger partial charge in [0.15, 0.2) is 0 Å². The second kappa shape index (κ2) is 4.92. The third-order valence-corrected chi connectivity index (χ3v) is 3.50. The van der Waals surface area contributed by atoms with Crippen LogP contribution in [0.4, 0.5) is 4.79 Å². The normalized spacial score (nSPS) is 18.6. The average molecular weight is 269 g/mol. The van der Waals surface area contributed by atoms with E-state index in [-0.39, 0.29) is 18.5 Å². The van der Waals surface area contributed by atoms with Crippen molar-refractivity contribution in [3.63, 3.8) is 0 Å². The molecule has 1 unspecified atom stereocenters. The van der Waals surface area contributed by atoms with Crippen LogP contribution in [0.1, 0.15) is 18.9 Å². The number of fused-ring (bicyclic) bond motifs is 1. The molecule has 1 saturated heterocycles. The molecule has 0 bridgehead atoms. The molecule has 2 aromatic rings. The van der Waals surface area contributed by atoms with E-state index in [1.54, 1.807) is 6.20 Å². The first-order chi connectivity index (χ1) is 9.69. The van der Waals surface area contributed by atoms with Gasteiger partial charge < -0.3 is 5.32 Å².